The van der Waals surface area contributed by atoms with Gasteiger partial charge in [-0.2, -0.15) is 5.10 Å². The number of amides is 1. The third-order valence-corrected chi connectivity index (χ3v) is 4.12. The van der Waals surface area contributed by atoms with E-state index in [0.29, 0.717) is 18.8 Å². The van der Waals surface area contributed by atoms with Crippen LogP contribution in [0.5, 0.6) is 5.75 Å². The minimum Gasteiger partial charge on any atom is -0.497 e. The molecule has 1 heterocycles. The SMILES string of the molecule is CCN(Cc1ccc(OC)cc1)C(=O)c1n[nH]c2ccc(C)cc12. The van der Waals surface area contributed by atoms with Crippen molar-refractivity contribution >= 4 is 16.8 Å². The molecule has 0 spiro atoms. The molecule has 0 aliphatic rings. The van der Waals surface area contributed by atoms with Crippen molar-refractivity contribution in [3.8, 4) is 5.75 Å². The number of H-pyrrole nitrogens is 1. The smallest absolute Gasteiger partial charge is 0.275 e. The Morgan fingerprint density at radius 3 is 2.62 bits per heavy atom. The number of nitrogens with zero attached hydrogens (tertiary/aromatic N) is 2. The number of ether oxygens (including phenoxy) is 1. The number of hydrogen-bond donors (Lipinski definition) is 1. The van der Waals surface area contributed by atoms with E-state index < -0.39 is 0 Å². The van der Waals surface area contributed by atoms with Gasteiger partial charge in [0.25, 0.3) is 5.91 Å². The summed E-state index contributed by atoms with van der Waals surface area (Å²) < 4.78 is 5.17. The molecular weight excluding hydrogens is 302 g/mol. The Kier molecular flexibility index (Phi) is 4.51. The maximum absolute atomic E-state index is 12.9. The average Bonchev–Trinajstić information content (AvgIpc) is 3.02. The molecule has 0 bridgehead atoms. The first-order valence-electron chi connectivity index (χ1n) is 7.99. The Bertz CT molecular complexity index is 853. The van der Waals surface area contributed by atoms with Gasteiger partial charge in [-0.15, -0.1) is 0 Å². The molecule has 0 saturated heterocycles. The van der Waals surface area contributed by atoms with Gasteiger partial charge >= 0.3 is 0 Å². The third-order valence-electron chi connectivity index (χ3n) is 4.12. The lowest BCUT2D eigenvalue weighted by atomic mass is 10.1. The van der Waals surface area contributed by atoms with Crippen molar-refractivity contribution in [2.24, 2.45) is 0 Å². The minimum absolute atomic E-state index is 0.0647. The summed E-state index contributed by atoms with van der Waals surface area (Å²) >= 11 is 0. The molecule has 0 aliphatic heterocycles. The number of aromatic amines is 1. The highest BCUT2D eigenvalue weighted by molar-refractivity contribution is 6.04. The van der Waals surface area contributed by atoms with Crippen molar-refractivity contribution in [3.05, 3.63) is 59.3 Å². The lowest BCUT2D eigenvalue weighted by Gasteiger charge is -2.20. The molecule has 0 aliphatic carbocycles. The van der Waals surface area contributed by atoms with Crippen LogP contribution in [0.2, 0.25) is 0 Å². The van der Waals surface area contributed by atoms with Gasteiger partial charge in [0.1, 0.15) is 5.75 Å². The first kappa shape index (κ1) is 16.1. The molecule has 0 radical (unpaired) electrons. The summed E-state index contributed by atoms with van der Waals surface area (Å²) in [5.41, 5.74) is 3.52. The Labute approximate surface area is 141 Å². The standard InChI is InChI=1S/C19H21N3O2/c1-4-22(12-14-6-8-15(24-3)9-7-14)19(23)18-16-11-13(2)5-10-17(16)20-21-18/h5-11H,4,12H2,1-3H3,(H,20,21). The van der Waals surface area contributed by atoms with Crippen LogP contribution in [-0.4, -0.2) is 34.7 Å². The van der Waals surface area contributed by atoms with Crippen molar-refractivity contribution < 1.29 is 9.53 Å². The Morgan fingerprint density at radius 2 is 1.96 bits per heavy atom. The lowest BCUT2D eigenvalue weighted by molar-refractivity contribution is 0.0748. The van der Waals surface area contributed by atoms with E-state index in [1.54, 1.807) is 12.0 Å². The van der Waals surface area contributed by atoms with Crippen molar-refractivity contribution in [1.82, 2.24) is 15.1 Å². The monoisotopic (exact) mass is 323 g/mol. The van der Waals surface area contributed by atoms with Crippen LogP contribution in [0.15, 0.2) is 42.5 Å². The lowest BCUT2D eigenvalue weighted by Crippen LogP contribution is -2.30. The van der Waals surface area contributed by atoms with Crippen LogP contribution < -0.4 is 4.74 Å². The van der Waals surface area contributed by atoms with Gasteiger partial charge in [0.2, 0.25) is 0 Å². The van der Waals surface area contributed by atoms with Crippen LogP contribution in [0.3, 0.4) is 0 Å². The van der Waals surface area contributed by atoms with Gasteiger partial charge in [0.05, 0.1) is 12.6 Å². The van der Waals surface area contributed by atoms with Crippen molar-refractivity contribution in [1.29, 1.82) is 0 Å². The number of hydrogen-bond acceptors (Lipinski definition) is 3. The predicted octanol–water partition coefficient (Wildman–Crippen LogP) is 3.54. The van der Waals surface area contributed by atoms with E-state index in [9.17, 15) is 4.79 Å². The highest BCUT2D eigenvalue weighted by atomic mass is 16.5. The van der Waals surface area contributed by atoms with Crippen LogP contribution in [0.1, 0.15) is 28.5 Å². The summed E-state index contributed by atoms with van der Waals surface area (Å²) in [6.07, 6.45) is 0. The number of carbonyl (C=O) groups excluding carboxylic acids is 1. The molecule has 0 fully saturated rings. The predicted molar refractivity (Wildman–Crippen MR) is 94.2 cm³/mol. The zero-order valence-corrected chi connectivity index (χ0v) is 14.2. The zero-order chi connectivity index (χ0) is 17.1. The molecule has 2 aromatic carbocycles. The van der Waals surface area contributed by atoms with Gasteiger partial charge in [-0.05, 0) is 43.7 Å². The minimum atomic E-state index is -0.0647. The quantitative estimate of drug-likeness (QED) is 0.781. The summed E-state index contributed by atoms with van der Waals surface area (Å²) in [4.78, 5) is 14.7. The van der Waals surface area contributed by atoms with E-state index in [1.807, 2.05) is 56.3 Å². The Balaban J connectivity index is 1.86. The number of nitrogens with one attached hydrogen (secondary N) is 1. The first-order valence-corrected chi connectivity index (χ1v) is 7.99. The van der Waals surface area contributed by atoms with E-state index in [1.165, 1.54) is 0 Å². The fourth-order valence-electron chi connectivity index (χ4n) is 2.72. The number of methoxy groups -OCH3 is 1. The molecule has 1 aromatic heterocycles. The highest BCUT2D eigenvalue weighted by Gasteiger charge is 2.20. The maximum atomic E-state index is 12.9. The molecule has 3 rings (SSSR count). The first-order chi connectivity index (χ1) is 11.6. The summed E-state index contributed by atoms with van der Waals surface area (Å²) in [5, 5.41) is 8.05. The number of aromatic nitrogens is 2. The van der Waals surface area contributed by atoms with Crippen molar-refractivity contribution in [2.45, 2.75) is 20.4 Å². The molecule has 3 aromatic rings. The van der Waals surface area contributed by atoms with Crippen LogP contribution in [0, 0.1) is 6.92 Å². The zero-order valence-electron chi connectivity index (χ0n) is 14.2. The molecule has 24 heavy (non-hydrogen) atoms. The van der Waals surface area contributed by atoms with E-state index in [4.69, 9.17) is 4.74 Å². The van der Waals surface area contributed by atoms with Crippen LogP contribution >= 0.6 is 0 Å². The largest absolute Gasteiger partial charge is 0.497 e. The van der Waals surface area contributed by atoms with Gasteiger partial charge in [-0.25, -0.2) is 0 Å². The van der Waals surface area contributed by atoms with E-state index in [-0.39, 0.29) is 5.91 Å². The van der Waals surface area contributed by atoms with Crippen LogP contribution in [-0.2, 0) is 6.54 Å². The molecular formula is C19H21N3O2. The van der Waals surface area contributed by atoms with E-state index >= 15 is 0 Å². The molecule has 5 heteroatoms. The normalized spacial score (nSPS) is 10.8. The highest BCUT2D eigenvalue weighted by Crippen LogP contribution is 2.20. The second-order valence-corrected chi connectivity index (χ2v) is 5.79. The number of benzene rings is 2. The molecule has 124 valence electrons. The maximum Gasteiger partial charge on any atom is 0.275 e. The molecule has 5 nitrogen and oxygen atoms in total. The van der Waals surface area contributed by atoms with E-state index in [0.717, 1.165) is 27.8 Å². The summed E-state index contributed by atoms with van der Waals surface area (Å²) in [6, 6.07) is 13.7. The summed E-state index contributed by atoms with van der Waals surface area (Å²) in [7, 11) is 1.64. The van der Waals surface area contributed by atoms with Gasteiger partial charge in [0, 0.05) is 18.5 Å². The summed E-state index contributed by atoms with van der Waals surface area (Å²) in [5.74, 6) is 0.743. The second-order valence-electron chi connectivity index (χ2n) is 5.79. The van der Waals surface area contributed by atoms with Gasteiger partial charge in [0.15, 0.2) is 5.69 Å². The van der Waals surface area contributed by atoms with Crippen LogP contribution in [0.4, 0.5) is 0 Å². The fraction of sp³-hybridized carbons (Fsp3) is 0.263. The summed E-state index contributed by atoms with van der Waals surface area (Å²) in [6.45, 7) is 5.14. The number of rotatable bonds is 5. The molecule has 0 unspecified atom stereocenters. The number of aryl methyl sites for hydroxylation is 1. The van der Waals surface area contributed by atoms with Crippen LogP contribution in [0.25, 0.3) is 10.9 Å². The number of fused-ring (bicyclic) bond motifs is 1. The molecule has 1 amide bonds. The van der Waals surface area contributed by atoms with Gasteiger partial charge < -0.3 is 9.64 Å². The Hall–Kier alpha value is -2.82. The Morgan fingerprint density at radius 1 is 1.21 bits per heavy atom. The molecule has 0 atom stereocenters. The topological polar surface area (TPSA) is 58.2 Å². The molecule has 1 N–H and O–H groups in total. The van der Waals surface area contributed by atoms with Crippen molar-refractivity contribution in [2.75, 3.05) is 13.7 Å². The van der Waals surface area contributed by atoms with E-state index in [2.05, 4.69) is 10.2 Å². The second kappa shape index (κ2) is 6.74. The fourth-order valence-corrected chi connectivity index (χ4v) is 2.72. The average molecular weight is 323 g/mol. The van der Waals surface area contributed by atoms with Gasteiger partial charge in [-0.3, -0.25) is 9.89 Å². The third kappa shape index (κ3) is 3.11. The number of carbonyl (C=O) groups is 1. The van der Waals surface area contributed by atoms with Gasteiger partial charge in [-0.1, -0.05) is 23.8 Å². The molecule has 0 saturated carbocycles. The van der Waals surface area contributed by atoms with Crippen molar-refractivity contribution in [3.63, 3.8) is 0 Å².